The molecular weight excluding hydrogens is 290 g/mol. The molecule has 1 saturated heterocycles. The molecule has 0 bridgehead atoms. The average Bonchev–Trinajstić information content (AvgIpc) is 3.08. The van der Waals surface area contributed by atoms with Crippen LogP contribution in [0.15, 0.2) is 18.2 Å². The van der Waals surface area contributed by atoms with Gasteiger partial charge in [0.25, 0.3) is 0 Å². The van der Waals surface area contributed by atoms with E-state index in [1.807, 2.05) is 13.0 Å². The van der Waals surface area contributed by atoms with E-state index in [1.54, 1.807) is 24.1 Å². The summed E-state index contributed by atoms with van der Waals surface area (Å²) in [7, 11) is 1.81. The van der Waals surface area contributed by atoms with E-state index in [4.69, 9.17) is 10.00 Å². The number of carbonyl (C=O) groups excluding carboxylic acids is 1. The number of hydrogen-bond acceptors (Lipinski definition) is 3. The zero-order valence-corrected chi connectivity index (χ0v) is 14.0. The van der Waals surface area contributed by atoms with E-state index < -0.39 is 0 Å². The normalized spacial score (nSPS) is 16.8. The first-order valence-electron chi connectivity index (χ1n) is 8.30. The molecule has 0 saturated carbocycles. The second kappa shape index (κ2) is 8.54. The molecule has 1 aliphatic heterocycles. The second-order valence-electron chi connectivity index (χ2n) is 5.97. The molecule has 0 spiro atoms. The largest absolute Gasteiger partial charge is 0.378 e. The predicted molar refractivity (Wildman–Crippen MR) is 90.4 cm³/mol. The van der Waals surface area contributed by atoms with Gasteiger partial charge in [-0.05, 0) is 55.9 Å². The average molecular weight is 315 g/mol. The molecule has 0 aromatic heterocycles. The van der Waals surface area contributed by atoms with Crippen LogP contribution in [0.5, 0.6) is 0 Å². The number of aryl methyl sites for hydroxylation is 1. The van der Waals surface area contributed by atoms with Gasteiger partial charge in [0.05, 0.1) is 17.7 Å². The molecule has 5 heteroatoms. The first-order valence-corrected chi connectivity index (χ1v) is 8.30. The molecule has 0 aliphatic carbocycles. The fourth-order valence-corrected chi connectivity index (χ4v) is 2.82. The summed E-state index contributed by atoms with van der Waals surface area (Å²) in [6, 6.07) is 7.37. The molecule has 1 aliphatic rings. The SMILES string of the molecule is CCc1cc(C#N)ccc1NC(=O)N(C)CCCC1CCCO1. The Bertz CT molecular complexity index is 574. The number of urea groups is 1. The van der Waals surface area contributed by atoms with Crippen LogP contribution in [-0.4, -0.2) is 37.2 Å². The van der Waals surface area contributed by atoms with E-state index in [9.17, 15) is 4.79 Å². The maximum absolute atomic E-state index is 12.3. The summed E-state index contributed by atoms with van der Waals surface area (Å²) in [4.78, 5) is 14.0. The van der Waals surface area contributed by atoms with Crippen LogP contribution in [0, 0.1) is 11.3 Å². The summed E-state index contributed by atoms with van der Waals surface area (Å²) in [6.45, 7) is 3.60. The number of hydrogen-bond donors (Lipinski definition) is 1. The number of nitriles is 1. The predicted octanol–water partition coefficient (Wildman–Crippen LogP) is 3.54. The monoisotopic (exact) mass is 315 g/mol. The Morgan fingerprint density at radius 1 is 1.52 bits per heavy atom. The van der Waals surface area contributed by atoms with Crippen molar-refractivity contribution in [1.82, 2.24) is 4.90 Å². The van der Waals surface area contributed by atoms with E-state index in [0.29, 0.717) is 18.2 Å². The molecule has 1 unspecified atom stereocenters. The van der Waals surface area contributed by atoms with Crippen LogP contribution < -0.4 is 5.32 Å². The van der Waals surface area contributed by atoms with Crippen LogP contribution in [0.2, 0.25) is 0 Å². The first kappa shape index (κ1) is 17.3. The minimum atomic E-state index is -0.114. The van der Waals surface area contributed by atoms with Gasteiger partial charge >= 0.3 is 6.03 Å². The Balaban J connectivity index is 1.84. The standard InChI is InChI=1S/C18H25N3O2/c1-3-15-12-14(13-19)8-9-17(15)20-18(22)21(2)10-4-6-16-7-5-11-23-16/h8-9,12,16H,3-7,10-11H2,1-2H3,(H,20,22). The van der Waals surface area contributed by atoms with Crippen molar-refractivity contribution in [3.8, 4) is 6.07 Å². The van der Waals surface area contributed by atoms with Crippen molar-refractivity contribution < 1.29 is 9.53 Å². The number of benzene rings is 1. The third-order valence-corrected chi connectivity index (χ3v) is 4.25. The van der Waals surface area contributed by atoms with Gasteiger partial charge in [-0.1, -0.05) is 6.92 Å². The molecule has 1 aromatic carbocycles. The van der Waals surface area contributed by atoms with Crippen molar-refractivity contribution in [1.29, 1.82) is 5.26 Å². The molecule has 23 heavy (non-hydrogen) atoms. The molecule has 1 N–H and O–H groups in total. The first-order chi connectivity index (χ1) is 11.1. The van der Waals surface area contributed by atoms with Crippen LogP contribution in [-0.2, 0) is 11.2 Å². The van der Waals surface area contributed by atoms with Gasteiger partial charge in [-0.15, -0.1) is 0 Å². The maximum atomic E-state index is 12.3. The highest BCUT2D eigenvalue weighted by Crippen LogP contribution is 2.19. The molecule has 1 aromatic rings. The smallest absolute Gasteiger partial charge is 0.321 e. The number of amides is 2. The summed E-state index contributed by atoms with van der Waals surface area (Å²) in [5.74, 6) is 0. The topological polar surface area (TPSA) is 65.4 Å². The van der Waals surface area contributed by atoms with Gasteiger partial charge in [0.15, 0.2) is 0 Å². The van der Waals surface area contributed by atoms with Crippen molar-refractivity contribution >= 4 is 11.7 Å². The van der Waals surface area contributed by atoms with Crippen LogP contribution in [0.1, 0.15) is 43.7 Å². The number of carbonyl (C=O) groups is 1. The lowest BCUT2D eigenvalue weighted by atomic mass is 10.1. The fraction of sp³-hybridized carbons (Fsp3) is 0.556. The van der Waals surface area contributed by atoms with E-state index in [0.717, 1.165) is 50.0 Å². The molecule has 2 amide bonds. The van der Waals surface area contributed by atoms with Crippen molar-refractivity contribution in [3.63, 3.8) is 0 Å². The van der Waals surface area contributed by atoms with E-state index >= 15 is 0 Å². The maximum Gasteiger partial charge on any atom is 0.321 e. The van der Waals surface area contributed by atoms with E-state index in [1.165, 1.54) is 0 Å². The molecular formula is C18H25N3O2. The lowest BCUT2D eigenvalue weighted by molar-refractivity contribution is 0.101. The number of nitrogens with zero attached hydrogens (tertiary/aromatic N) is 2. The molecule has 1 heterocycles. The number of ether oxygens (including phenoxy) is 1. The summed E-state index contributed by atoms with van der Waals surface area (Å²) in [5, 5.41) is 11.9. The van der Waals surface area contributed by atoms with Crippen LogP contribution >= 0.6 is 0 Å². The van der Waals surface area contributed by atoms with Crippen molar-refractivity contribution in [2.45, 2.75) is 45.1 Å². The highest BCUT2D eigenvalue weighted by molar-refractivity contribution is 5.90. The van der Waals surface area contributed by atoms with Gasteiger partial charge in [-0.25, -0.2) is 4.79 Å². The third kappa shape index (κ3) is 4.97. The highest BCUT2D eigenvalue weighted by atomic mass is 16.5. The summed E-state index contributed by atoms with van der Waals surface area (Å²) >= 11 is 0. The number of rotatable bonds is 6. The summed E-state index contributed by atoms with van der Waals surface area (Å²) in [5.41, 5.74) is 2.37. The van der Waals surface area contributed by atoms with Crippen molar-refractivity contribution in [3.05, 3.63) is 29.3 Å². The Morgan fingerprint density at radius 2 is 2.35 bits per heavy atom. The Hall–Kier alpha value is -2.06. The van der Waals surface area contributed by atoms with Gasteiger partial charge in [-0.3, -0.25) is 0 Å². The number of nitrogens with one attached hydrogen (secondary N) is 1. The Labute approximate surface area is 138 Å². The second-order valence-corrected chi connectivity index (χ2v) is 5.97. The molecule has 2 rings (SSSR count). The third-order valence-electron chi connectivity index (χ3n) is 4.25. The molecule has 1 atom stereocenters. The zero-order chi connectivity index (χ0) is 16.7. The summed E-state index contributed by atoms with van der Waals surface area (Å²) in [6.07, 6.45) is 5.39. The quantitative estimate of drug-likeness (QED) is 0.873. The van der Waals surface area contributed by atoms with E-state index in [2.05, 4.69) is 11.4 Å². The van der Waals surface area contributed by atoms with Gasteiger partial charge in [0.2, 0.25) is 0 Å². The minimum absolute atomic E-state index is 0.114. The Morgan fingerprint density at radius 3 is 3.00 bits per heavy atom. The van der Waals surface area contributed by atoms with Crippen LogP contribution in [0.3, 0.4) is 0 Å². The molecule has 124 valence electrons. The van der Waals surface area contributed by atoms with E-state index in [-0.39, 0.29) is 6.03 Å². The van der Waals surface area contributed by atoms with Gasteiger partial charge < -0.3 is 15.0 Å². The highest BCUT2D eigenvalue weighted by Gasteiger charge is 2.16. The fourth-order valence-electron chi connectivity index (χ4n) is 2.82. The van der Waals surface area contributed by atoms with Crippen LogP contribution in [0.4, 0.5) is 10.5 Å². The number of anilines is 1. The molecule has 1 fully saturated rings. The van der Waals surface area contributed by atoms with Crippen molar-refractivity contribution in [2.75, 3.05) is 25.5 Å². The van der Waals surface area contributed by atoms with Crippen molar-refractivity contribution in [2.24, 2.45) is 0 Å². The Kier molecular flexibility index (Phi) is 6.42. The lowest BCUT2D eigenvalue weighted by Gasteiger charge is -2.20. The zero-order valence-electron chi connectivity index (χ0n) is 14.0. The molecule has 0 radical (unpaired) electrons. The lowest BCUT2D eigenvalue weighted by Crippen LogP contribution is -2.32. The minimum Gasteiger partial charge on any atom is -0.378 e. The van der Waals surface area contributed by atoms with Crippen LogP contribution in [0.25, 0.3) is 0 Å². The van der Waals surface area contributed by atoms with Gasteiger partial charge in [0.1, 0.15) is 0 Å². The van der Waals surface area contributed by atoms with Gasteiger partial charge in [-0.2, -0.15) is 5.26 Å². The molecule has 5 nitrogen and oxygen atoms in total. The van der Waals surface area contributed by atoms with Gasteiger partial charge in [0, 0.05) is 25.9 Å². The summed E-state index contributed by atoms with van der Waals surface area (Å²) < 4.78 is 5.60.